The molecular weight excluding hydrogens is 318 g/mol. The van der Waals surface area contributed by atoms with Gasteiger partial charge in [-0.3, -0.25) is 0 Å². The minimum absolute atomic E-state index is 0.132. The van der Waals surface area contributed by atoms with Crippen LogP contribution in [0.1, 0.15) is 26.3 Å². The van der Waals surface area contributed by atoms with Crippen molar-refractivity contribution in [2.24, 2.45) is 5.41 Å². The fraction of sp³-hybridized carbons (Fsp3) is 0.400. The van der Waals surface area contributed by atoms with Crippen LogP contribution in [-0.4, -0.2) is 45.2 Å². The van der Waals surface area contributed by atoms with E-state index in [0.717, 1.165) is 11.1 Å². The smallest absolute Gasteiger partial charge is 0.347 e. The first kappa shape index (κ1) is 20.5. The molecule has 5 heteroatoms. The van der Waals surface area contributed by atoms with Gasteiger partial charge in [-0.05, 0) is 22.6 Å². The highest BCUT2D eigenvalue weighted by Gasteiger charge is 2.27. The summed E-state index contributed by atoms with van der Waals surface area (Å²) >= 11 is 0. The fourth-order valence-electron chi connectivity index (χ4n) is 2.41. The van der Waals surface area contributed by atoms with Crippen molar-refractivity contribution in [2.45, 2.75) is 20.8 Å². The van der Waals surface area contributed by atoms with Crippen molar-refractivity contribution in [1.82, 2.24) is 4.90 Å². The van der Waals surface area contributed by atoms with Gasteiger partial charge >= 0.3 is 11.9 Å². The van der Waals surface area contributed by atoms with Gasteiger partial charge in [0.1, 0.15) is 0 Å². The summed E-state index contributed by atoms with van der Waals surface area (Å²) in [4.78, 5) is 26.1. The van der Waals surface area contributed by atoms with E-state index in [2.05, 4.69) is 20.8 Å². The largest absolute Gasteiger partial charge is 0.465 e. The molecule has 0 aliphatic heterocycles. The van der Waals surface area contributed by atoms with Gasteiger partial charge in [-0.1, -0.05) is 51.1 Å². The number of ether oxygens (including phenoxy) is 2. The zero-order chi connectivity index (χ0) is 19.2. The van der Waals surface area contributed by atoms with E-state index in [-0.39, 0.29) is 11.0 Å². The van der Waals surface area contributed by atoms with Gasteiger partial charge in [0.25, 0.3) is 0 Å². The summed E-state index contributed by atoms with van der Waals surface area (Å²) in [6.07, 6.45) is 1.85. The van der Waals surface area contributed by atoms with E-state index in [4.69, 9.17) is 9.47 Å². The number of allylic oxidation sites excluding steroid dienone is 2. The molecule has 1 rings (SSSR count). The molecule has 0 fully saturated rings. The van der Waals surface area contributed by atoms with Crippen molar-refractivity contribution in [3.63, 3.8) is 0 Å². The number of carbonyl (C=O) groups excluding carboxylic acids is 2. The van der Waals surface area contributed by atoms with Crippen LogP contribution in [0, 0.1) is 5.41 Å². The van der Waals surface area contributed by atoms with E-state index in [1.165, 1.54) is 14.2 Å². The quantitative estimate of drug-likeness (QED) is 0.269. The molecule has 0 aliphatic carbocycles. The second-order valence-electron chi connectivity index (χ2n) is 6.81. The SMILES string of the molecule is COC(=O)C(C(=O)OC)=C(/C=C(\c1ccccc1)C(C)(C)C)N(C)C. The van der Waals surface area contributed by atoms with Gasteiger partial charge in [-0.2, -0.15) is 0 Å². The van der Waals surface area contributed by atoms with Crippen LogP contribution in [0.3, 0.4) is 0 Å². The normalized spacial score (nSPS) is 11.6. The maximum Gasteiger partial charge on any atom is 0.347 e. The van der Waals surface area contributed by atoms with Crippen LogP contribution in [0.5, 0.6) is 0 Å². The predicted molar refractivity (Wildman–Crippen MR) is 98.6 cm³/mol. The Bertz CT molecular complexity index is 661. The van der Waals surface area contributed by atoms with Crippen molar-refractivity contribution in [3.8, 4) is 0 Å². The number of nitrogens with zero attached hydrogens (tertiary/aromatic N) is 1. The molecule has 0 N–H and O–H groups in total. The Morgan fingerprint density at radius 2 is 1.44 bits per heavy atom. The molecule has 1 aromatic carbocycles. The first-order valence-electron chi connectivity index (χ1n) is 7.99. The Hall–Kier alpha value is -2.56. The summed E-state index contributed by atoms with van der Waals surface area (Å²) < 4.78 is 9.57. The van der Waals surface area contributed by atoms with Gasteiger partial charge in [-0.25, -0.2) is 9.59 Å². The third-order valence-electron chi connectivity index (χ3n) is 3.69. The van der Waals surface area contributed by atoms with Gasteiger partial charge in [0.15, 0.2) is 5.57 Å². The Morgan fingerprint density at radius 1 is 0.960 bits per heavy atom. The second-order valence-corrected chi connectivity index (χ2v) is 6.81. The lowest BCUT2D eigenvalue weighted by Crippen LogP contribution is -2.24. The van der Waals surface area contributed by atoms with Gasteiger partial charge in [0.2, 0.25) is 0 Å². The average molecular weight is 345 g/mol. The van der Waals surface area contributed by atoms with E-state index in [1.54, 1.807) is 19.0 Å². The molecule has 5 nitrogen and oxygen atoms in total. The monoisotopic (exact) mass is 345 g/mol. The molecule has 0 amide bonds. The van der Waals surface area contributed by atoms with Crippen molar-refractivity contribution in [2.75, 3.05) is 28.3 Å². The molecule has 0 radical (unpaired) electrons. The molecule has 136 valence electrons. The van der Waals surface area contributed by atoms with Gasteiger partial charge in [0.05, 0.1) is 19.9 Å². The fourth-order valence-corrected chi connectivity index (χ4v) is 2.41. The maximum absolute atomic E-state index is 12.2. The number of hydrogen-bond donors (Lipinski definition) is 0. The first-order valence-corrected chi connectivity index (χ1v) is 7.99. The van der Waals surface area contributed by atoms with Crippen molar-refractivity contribution in [1.29, 1.82) is 0 Å². The van der Waals surface area contributed by atoms with Crippen LogP contribution in [0.2, 0.25) is 0 Å². The molecular formula is C20H27NO4. The molecule has 0 aliphatic rings. The van der Waals surface area contributed by atoms with Crippen LogP contribution in [-0.2, 0) is 19.1 Å². The highest BCUT2D eigenvalue weighted by atomic mass is 16.5. The average Bonchev–Trinajstić information content (AvgIpc) is 2.56. The van der Waals surface area contributed by atoms with E-state index in [1.807, 2.05) is 36.4 Å². The number of hydrogen-bond acceptors (Lipinski definition) is 5. The number of likely N-dealkylation sites (N-methyl/N-ethyl adjacent to an activating group) is 1. The van der Waals surface area contributed by atoms with Gasteiger partial charge < -0.3 is 14.4 Å². The van der Waals surface area contributed by atoms with E-state index in [9.17, 15) is 9.59 Å². The highest BCUT2D eigenvalue weighted by Crippen LogP contribution is 2.35. The number of carbonyl (C=O) groups is 2. The van der Waals surface area contributed by atoms with Crippen LogP contribution < -0.4 is 0 Å². The topological polar surface area (TPSA) is 55.8 Å². The number of benzene rings is 1. The molecule has 0 spiro atoms. The first-order chi connectivity index (χ1) is 11.6. The Balaban J connectivity index is 3.74. The van der Waals surface area contributed by atoms with Crippen molar-refractivity contribution >= 4 is 17.5 Å². The molecule has 0 aromatic heterocycles. The molecule has 0 unspecified atom stereocenters. The van der Waals surface area contributed by atoms with Crippen LogP contribution in [0.25, 0.3) is 5.57 Å². The van der Waals surface area contributed by atoms with E-state index >= 15 is 0 Å². The highest BCUT2D eigenvalue weighted by molar-refractivity contribution is 6.15. The summed E-state index contributed by atoms with van der Waals surface area (Å²) in [5, 5.41) is 0. The van der Waals surface area contributed by atoms with Crippen LogP contribution in [0.15, 0.2) is 47.7 Å². The molecule has 0 heterocycles. The molecule has 0 atom stereocenters. The number of rotatable bonds is 5. The zero-order valence-corrected chi connectivity index (χ0v) is 16.0. The Labute approximate surface area is 149 Å². The van der Waals surface area contributed by atoms with Crippen LogP contribution >= 0.6 is 0 Å². The Morgan fingerprint density at radius 3 is 1.80 bits per heavy atom. The second kappa shape index (κ2) is 8.51. The number of methoxy groups -OCH3 is 2. The lowest BCUT2D eigenvalue weighted by atomic mass is 9.81. The van der Waals surface area contributed by atoms with Gasteiger partial charge in [-0.15, -0.1) is 0 Å². The summed E-state index contributed by atoms with van der Waals surface area (Å²) in [5.41, 5.74) is 2.10. The molecule has 0 saturated carbocycles. The standard InChI is InChI=1S/C20H27NO4/c1-20(2,3)15(14-11-9-8-10-12-14)13-16(21(4)5)17(18(22)24-6)19(23)25-7/h8-13H,1-7H3/b15-13+. The van der Waals surface area contributed by atoms with Crippen molar-refractivity contribution in [3.05, 3.63) is 53.2 Å². The summed E-state index contributed by atoms with van der Waals surface area (Å²) in [6.45, 7) is 6.24. The third-order valence-corrected chi connectivity index (χ3v) is 3.69. The summed E-state index contributed by atoms with van der Waals surface area (Å²) in [6, 6.07) is 9.85. The third kappa shape index (κ3) is 5.21. The van der Waals surface area contributed by atoms with Crippen LogP contribution in [0.4, 0.5) is 0 Å². The summed E-state index contributed by atoms with van der Waals surface area (Å²) in [7, 11) is 6.01. The Kier molecular flexibility index (Phi) is 6.97. The summed E-state index contributed by atoms with van der Waals surface area (Å²) in [5.74, 6) is -1.46. The minimum Gasteiger partial charge on any atom is -0.465 e. The number of esters is 2. The molecule has 0 bridgehead atoms. The lowest BCUT2D eigenvalue weighted by molar-refractivity contribution is -0.144. The maximum atomic E-state index is 12.2. The van der Waals surface area contributed by atoms with E-state index in [0.29, 0.717) is 5.70 Å². The zero-order valence-electron chi connectivity index (χ0n) is 16.0. The predicted octanol–water partition coefficient (Wildman–Crippen LogP) is 3.28. The van der Waals surface area contributed by atoms with Gasteiger partial charge in [0, 0.05) is 14.1 Å². The lowest BCUT2D eigenvalue weighted by Gasteiger charge is -2.26. The molecule has 0 saturated heterocycles. The van der Waals surface area contributed by atoms with E-state index < -0.39 is 11.9 Å². The molecule has 1 aromatic rings. The van der Waals surface area contributed by atoms with Crippen molar-refractivity contribution < 1.29 is 19.1 Å². The molecule has 25 heavy (non-hydrogen) atoms. The minimum atomic E-state index is -0.729.